The lowest BCUT2D eigenvalue weighted by molar-refractivity contribution is -0.145. The van der Waals surface area contributed by atoms with Gasteiger partial charge in [-0.15, -0.1) is 22.6 Å². The smallest absolute Gasteiger partial charge is 0.315 e. The highest BCUT2D eigenvalue weighted by Gasteiger charge is 2.27. The second-order valence-electron chi connectivity index (χ2n) is 4.77. The van der Waals surface area contributed by atoms with Crippen molar-refractivity contribution in [3.63, 3.8) is 0 Å². The van der Waals surface area contributed by atoms with Crippen molar-refractivity contribution in [1.29, 1.82) is 0 Å². The van der Waals surface area contributed by atoms with Crippen LogP contribution in [0.5, 0.6) is 0 Å². The van der Waals surface area contributed by atoms with E-state index in [-0.39, 0.29) is 30.7 Å². The predicted molar refractivity (Wildman–Crippen MR) is 86.2 cm³/mol. The van der Waals surface area contributed by atoms with E-state index in [1.807, 2.05) is 0 Å². The Labute approximate surface area is 135 Å². The highest BCUT2D eigenvalue weighted by molar-refractivity contribution is 5.85. The average Bonchev–Trinajstić information content (AvgIpc) is 2.46. The molecule has 0 aliphatic rings. The summed E-state index contributed by atoms with van der Waals surface area (Å²) in [4.78, 5) is 24.1. The maximum Gasteiger partial charge on any atom is 0.315 e. The number of carbonyl (C=O) groups excluding carboxylic acids is 1. The minimum Gasteiger partial charge on any atom is -0.465 e. The first-order chi connectivity index (χ1) is 10.0. The molecule has 0 aliphatic carbocycles. The van der Waals surface area contributed by atoms with Gasteiger partial charge in [0, 0.05) is 0 Å². The van der Waals surface area contributed by atoms with Crippen LogP contribution in [-0.4, -0.2) is 27.4 Å². The van der Waals surface area contributed by atoms with Crippen LogP contribution in [0.2, 0.25) is 0 Å². The van der Waals surface area contributed by atoms with Crippen LogP contribution in [0.1, 0.15) is 57.6 Å². The Morgan fingerprint density at radius 1 is 1.27 bits per heavy atom. The van der Waals surface area contributed by atoms with Crippen LogP contribution in [0, 0.1) is 0 Å². The number of anilines is 1. The Morgan fingerprint density at radius 3 is 2.55 bits per heavy atom. The average molecular weight is 334 g/mol. The fourth-order valence-corrected chi connectivity index (χ4v) is 2.03. The van der Waals surface area contributed by atoms with Crippen LogP contribution in [0.25, 0.3) is 0 Å². The van der Waals surface area contributed by atoms with Crippen LogP contribution in [0.4, 0.5) is 5.95 Å². The van der Waals surface area contributed by atoms with Gasteiger partial charge < -0.3 is 16.3 Å². The molecule has 9 heteroatoms. The molecule has 1 atom stereocenters. The van der Waals surface area contributed by atoms with E-state index < -0.39 is 17.4 Å². The molecule has 0 unspecified atom stereocenters. The number of nitrogens with two attached hydrogens (primary N) is 2. The van der Waals surface area contributed by atoms with Crippen molar-refractivity contribution in [2.24, 2.45) is 0 Å². The summed E-state index contributed by atoms with van der Waals surface area (Å²) in [5.74, 6) is 4.06. The number of hydrogen-bond donors (Lipinski definition) is 2. The van der Waals surface area contributed by atoms with Gasteiger partial charge in [0.05, 0.1) is 6.61 Å². The number of hydrogen-bond acceptors (Lipinski definition) is 7. The second-order valence-corrected chi connectivity index (χ2v) is 4.77. The SMILES string of the molecule is CCCCCC[C@@H](C(=O)OCC)c1nnc(N)n(N)c1=O.Cl. The van der Waals surface area contributed by atoms with Crippen LogP contribution >= 0.6 is 12.4 Å². The van der Waals surface area contributed by atoms with E-state index in [9.17, 15) is 9.59 Å². The van der Waals surface area contributed by atoms with Gasteiger partial charge in [0.25, 0.3) is 5.56 Å². The highest BCUT2D eigenvalue weighted by atomic mass is 35.5. The molecule has 0 bridgehead atoms. The standard InChI is InChI=1S/C13H23N5O3.ClH/c1-3-5-6-7-8-9(12(20)21-4-2)10-11(19)18(15)13(14)17-16-10;/h9H,3-8,15H2,1-2H3,(H2,14,17);1H/t9-;/m1./s1. The van der Waals surface area contributed by atoms with Gasteiger partial charge in [0.1, 0.15) is 11.6 Å². The van der Waals surface area contributed by atoms with Gasteiger partial charge in [0.2, 0.25) is 5.95 Å². The Balaban J connectivity index is 0.00000441. The summed E-state index contributed by atoms with van der Waals surface area (Å²) in [7, 11) is 0. The third kappa shape index (κ3) is 5.18. The molecule has 0 aromatic carbocycles. The number of aromatic nitrogens is 3. The van der Waals surface area contributed by atoms with Crippen molar-refractivity contribution in [1.82, 2.24) is 14.9 Å². The summed E-state index contributed by atoms with van der Waals surface area (Å²) >= 11 is 0. The fraction of sp³-hybridized carbons (Fsp3) is 0.692. The maximum atomic E-state index is 12.1. The summed E-state index contributed by atoms with van der Waals surface area (Å²) in [6, 6.07) is 0. The third-order valence-electron chi connectivity index (χ3n) is 3.19. The molecule has 126 valence electrons. The van der Waals surface area contributed by atoms with Gasteiger partial charge in [-0.2, -0.15) is 4.68 Å². The van der Waals surface area contributed by atoms with Gasteiger partial charge in [-0.1, -0.05) is 32.6 Å². The molecular formula is C13H24ClN5O3. The molecule has 22 heavy (non-hydrogen) atoms. The molecule has 8 nitrogen and oxygen atoms in total. The number of rotatable bonds is 8. The molecule has 0 spiro atoms. The summed E-state index contributed by atoms with van der Waals surface area (Å²) in [5.41, 5.74) is 4.79. The van der Waals surface area contributed by atoms with Crippen molar-refractivity contribution in [2.45, 2.75) is 51.9 Å². The van der Waals surface area contributed by atoms with Gasteiger partial charge in [-0.25, -0.2) is 0 Å². The first-order valence-corrected chi connectivity index (χ1v) is 7.19. The van der Waals surface area contributed by atoms with E-state index in [1.54, 1.807) is 6.92 Å². The lowest BCUT2D eigenvalue weighted by Gasteiger charge is -2.14. The molecule has 1 heterocycles. The maximum absolute atomic E-state index is 12.1. The van der Waals surface area contributed by atoms with Crippen LogP contribution in [0.15, 0.2) is 4.79 Å². The Kier molecular flexibility index (Phi) is 9.16. The number of halogens is 1. The van der Waals surface area contributed by atoms with Gasteiger partial charge >= 0.3 is 5.97 Å². The highest BCUT2D eigenvalue weighted by Crippen LogP contribution is 2.20. The number of esters is 1. The molecule has 0 saturated heterocycles. The minimum atomic E-state index is -0.753. The minimum absolute atomic E-state index is 0. The predicted octanol–water partition coefficient (Wildman–Crippen LogP) is 0.973. The molecule has 1 aromatic heterocycles. The van der Waals surface area contributed by atoms with Crippen LogP contribution in [0.3, 0.4) is 0 Å². The van der Waals surface area contributed by atoms with Crippen molar-refractivity contribution in [3.05, 3.63) is 16.0 Å². The second kappa shape index (κ2) is 9.99. The first kappa shape index (κ1) is 20.2. The molecule has 4 N–H and O–H groups in total. The Hall–Kier alpha value is -1.83. The summed E-state index contributed by atoms with van der Waals surface area (Å²) in [6.45, 7) is 4.05. The number of carbonyl (C=O) groups is 1. The van der Waals surface area contributed by atoms with Crippen molar-refractivity contribution < 1.29 is 9.53 Å². The largest absolute Gasteiger partial charge is 0.465 e. The molecule has 1 aromatic rings. The molecule has 0 saturated carbocycles. The molecule has 0 fully saturated rings. The molecule has 0 amide bonds. The lowest BCUT2D eigenvalue weighted by atomic mass is 9.97. The van der Waals surface area contributed by atoms with Crippen LogP contribution < -0.4 is 17.1 Å². The number of nitrogen functional groups attached to an aromatic ring is 2. The van der Waals surface area contributed by atoms with E-state index in [1.165, 1.54) is 0 Å². The van der Waals surface area contributed by atoms with Crippen molar-refractivity contribution in [2.75, 3.05) is 18.2 Å². The van der Waals surface area contributed by atoms with E-state index in [0.29, 0.717) is 11.1 Å². The van der Waals surface area contributed by atoms with E-state index >= 15 is 0 Å². The zero-order valence-electron chi connectivity index (χ0n) is 12.9. The number of nitrogens with zero attached hydrogens (tertiary/aromatic N) is 3. The van der Waals surface area contributed by atoms with Crippen molar-refractivity contribution >= 4 is 24.3 Å². The monoisotopic (exact) mass is 333 g/mol. The summed E-state index contributed by atoms with van der Waals surface area (Å²) < 4.78 is 5.71. The summed E-state index contributed by atoms with van der Waals surface area (Å²) in [5, 5.41) is 7.36. The molecule has 0 aliphatic heterocycles. The van der Waals surface area contributed by atoms with Crippen molar-refractivity contribution in [3.8, 4) is 0 Å². The van der Waals surface area contributed by atoms with Gasteiger partial charge in [0.15, 0.2) is 0 Å². The summed E-state index contributed by atoms with van der Waals surface area (Å²) in [6.07, 6.45) is 4.41. The zero-order valence-corrected chi connectivity index (χ0v) is 13.8. The first-order valence-electron chi connectivity index (χ1n) is 7.19. The quantitative estimate of drug-likeness (QED) is 0.412. The van der Waals surface area contributed by atoms with Gasteiger partial charge in [-0.05, 0) is 13.3 Å². The molecule has 1 rings (SSSR count). The van der Waals surface area contributed by atoms with E-state index in [2.05, 4.69) is 17.1 Å². The fourth-order valence-electron chi connectivity index (χ4n) is 2.03. The van der Waals surface area contributed by atoms with Crippen LogP contribution in [-0.2, 0) is 9.53 Å². The Morgan fingerprint density at radius 2 is 1.95 bits per heavy atom. The third-order valence-corrected chi connectivity index (χ3v) is 3.19. The topological polar surface area (TPSA) is 126 Å². The zero-order chi connectivity index (χ0) is 15.8. The number of unbranched alkanes of at least 4 members (excludes halogenated alkanes) is 3. The lowest BCUT2D eigenvalue weighted by Crippen LogP contribution is -2.37. The van der Waals surface area contributed by atoms with E-state index in [0.717, 1.165) is 25.7 Å². The normalized spacial score (nSPS) is 11.5. The number of ether oxygens (including phenoxy) is 1. The van der Waals surface area contributed by atoms with Gasteiger partial charge in [-0.3, -0.25) is 9.59 Å². The molecular weight excluding hydrogens is 310 g/mol. The molecule has 0 radical (unpaired) electrons. The van der Waals surface area contributed by atoms with E-state index in [4.69, 9.17) is 16.3 Å². The Bertz CT molecular complexity index is 535.